The molecule has 1 aromatic rings. The summed E-state index contributed by atoms with van der Waals surface area (Å²) in [6, 6.07) is 3.70. The Kier molecular flexibility index (Phi) is 10.7. The Morgan fingerprint density at radius 2 is 1.75 bits per heavy atom. The quantitative estimate of drug-likeness (QED) is 0.686. The van der Waals surface area contributed by atoms with Crippen LogP contribution in [0.1, 0.15) is 25.8 Å². The van der Waals surface area contributed by atoms with Crippen molar-refractivity contribution in [2.45, 2.75) is 26.8 Å². The summed E-state index contributed by atoms with van der Waals surface area (Å²) in [5.74, 6) is 1.39. The average molecular weight is 324 g/mol. The first-order valence-electron chi connectivity index (χ1n) is 6.62. The number of rotatable bonds is 9. The molecule has 0 aliphatic heterocycles. The third-order valence-corrected chi connectivity index (χ3v) is 2.89. The Morgan fingerprint density at radius 3 is 2.30 bits per heavy atom. The van der Waals surface area contributed by atoms with Crippen LogP contribution in [0.2, 0.25) is 5.02 Å². The van der Waals surface area contributed by atoms with Gasteiger partial charge >= 0.3 is 0 Å². The first-order chi connectivity index (χ1) is 9.22. The molecule has 0 heterocycles. The van der Waals surface area contributed by atoms with Crippen molar-refractivity contribution in [3.8, 4) is 11.5 Å². The van der Waals surface area contributed by atoms with Gasteiger partial charge in [0, 0.05) is 24.2 Å². The van der Waals surface area contributed by atoms with Gasteiger partial charge in [0.2, 0.25) is 0 Å². The van der Waals surface area contributed by atoms with Gasteiger partial charge in [-0.3, -0.25) is 0 Å². The van der Waals surface area contributed by atoms with Crippen LogP contribution in [0.4, 0.5) is 0 Å². The fourth-order valence-corrected chi connectivity index (χ4v) is 1.90. The second-order valence-corrected chi connectivity index (χ2v) is 4.42. The molecular formula is C14H23Cl2NO3. The molecule has 0 amide bonds. The van der Waals surface area contributed by atoms with Gasteiger partial charge in [-0.15, -0.1) is 12.4 Å². The highest BCUT2D eigenvalue weighted by Gasteiger charge is 2.10. The molecule has 116 valence electrons. The van der Waals surface area contributed by atoms with Crippen LogP contribution in [-0.2, 0) is 6.54 Å². The maximum Gasteiger partial charge on any atom is 0.162 e. The molecule has 0 fully saturated rings. The molecule has 2 N–H and O–H groups in total. The van der Waals surface area contributed by atoms with E-state index in [1.807, 2.05) is 19.9 Å². The van der Waals surface area contributed by atoms with E-state index in [4.69, 9.17) is 26.2 Å². The Morgan fingerprint density at radius 1 is 1.15 bits per heavy atom. The normalized spacial score (nSPS) is 10.0. The van der Waals surface area contributed by atoms with Crippen molar-refractivity contribution in [3.05, 3.63) is 22.7 Å². The lowest BCUT2D eigenvalue weighted by atomic mass is 10.2. The average Bonchev–Trinajstić information content (AvgIpc) is 2.39. The van der Waals surface area contributed by atoms with E-state index < -0.39 is 0 Å². The van der Waals surface area contributed by atoms with Crippen LogP contribution in [0, 0.1) is 0 Å². The summed E-state index contributed by atoms with van der Waals surface area (Å²) >= 11 is 6.23. The van der Waals surface area contributed by atoms with Gasteiger partial charge in [-0.05, 0) is 38.4 Å². The van der Waals surface area contributed by atoms with Gasteiger partial charge in [-0.25, -0.2) is 0 Å². The number of ether oxygens (including phenoxy) is 2. The van der Waals surface area contributed by atoms with Crippen molar-refractivity contribution >= 4 is 24.0 Å². The summed E-state index contributed by atoms with van der Waals surface area (Å²) in [5.41, 5.74) is 0.964. The third kappa shape index (κ3) is 6.18. The van der Waals surface area contributed by atoms with E-state index in [9.17, 15) is 0 Å². The second kappa shape index (κ2) is 11.0. The van der Waals surface area contributed by atoms with Gasteiger partial charge in [0.25, 0.3) is 0 Å². The van der Waals surface area contributed by atoms with E-state index in [1.54, 1.807) is 6.07 Å². The van der Waals surface area contributed by atoms with Crippen LogP contribution in [0.3, 0.4) is 0 Å². The summed E-state index contributed by atoms with van der Waals surface area (Å²) in [7, 11) is 0. The molecule has 6 heteroatoms. The van der Waals surface area contributed by atoms with E-state index in [1.165, 1.54) is 0 Å². The van der Waals surface area contributed by atoms with Crippen LogP contribution < -0.4 is 14.8 Å². The van der Waals surface area contributed by atoms with Gasteiger partial charge in [-0.2, -0.15) is 0 Å². The predicted octanol–water partition coefficient (Wildman–Crippen LogP) is 3.03. The van der Waals surface area contributed by atoms with E-state index in [2.05, 4.69) is 5.32 Å². The Hall–Kier alpha value is -0.680. The van der Waals surface area contributed by atoms with Crippen molar-refractivity contribution in [2.75, 3.05) is 26.4 Å². The monoisotopic (exact) mass is 323 g/mol. The number of hydrogen-bond acceptors (Lipinski definition) is 4. The molecular weight excluding hydrogens is 301 g/mol. The number of aliphatic hydroxyl groups is 1. The van der Waals surface area contributed by atoms with Crippen LogP contribution >= 0.6 is 24.0 Å². The molecule has 20 heavy (non-hydrogen) atoms. The van der Waals surface area contributed by atoms with E-state index in [0.29, 0.717) is 36.3 Å². The summed E-state index contributed by atoms with van der Waals surface area (Å²) in [6.07, 6.45) is 0.729. The molecule has 0 radical (unpaired) electrons. The molecule has 0 bridgehead atoms. The second-order valence-electron chi connectivity index (χ2n) is 4.01. The highest BCUT2D eigenvalue weighted by molar-refractivity contribution is 6.31. The smallest absolute Gasteiger partial charge is 0.162 e. The highest BCUT2D eigenvalue weighted by atomic mass is 35.5. The molecule has 0 aromatic heterocycles. The molecule has 1 aromatic carbocycles. The molecule has 0 saturated heterocycles. The number of nitrogens with one attached hydrogen (secondary N) is 1. The zero-order valence-electron chi connectivity index (χ0n) is 11.9. The Balaban J connectivity index is 0.00000361. The SMILES string of the molecule is CCOc1cc(Cl)c(CNCCCO)cc1OCC.Cl. The zero-order chi connectivity index (χ0) is 14.1. The Labute approximate surface area is 131 Å². The molecule has 0 aliphatic rings. The van der Waals surface area contributed by atoms with Crippen LogP contribution in [0.15, 0.2) is 12.1 Å². The summed E-state index contributed by atoms with van der Waals surface area (Å²) in [6.45, 7) is 6.60. The van der Waals surface area contributed by atoms with Gasteiger partial charge in [0.1, 0.15) is 0 Å². The minimum absolute atomic E-state index is 0. The van der Waals surface area contributed by atoms with Crippen molar-refractivity contribution in [1.82, 2.24) is 5.32 Å². The van der Waals surface area contributed by atoms with Crippen LogP contribution in [0.25, 0.3) is 0 Å². The van der Waals surface area contributed by atoms with E-state index in [-0.39, 0.29) is 19.0 Å². The van der Waals surface area contributed by atoms with Crippen molar-refractivity contribution in [2.24, 2.45) is 0 Å². The summed E-state index contributed by atoms with van der Waals surface area (Å²) in [5, 5.41) is 12.6. The molecule has 1 rings (SSSR count). The first-order valence-corrected chi connectivity index (χ1v) is 7.00. The lowest BCUT2D eigenvalue weighted by Crippen LogP contribution is -2.16. The predicted molar refractivity (Wildman–Crippen MR) is 84.4 cm³/mol. The fraction of sp³-hybridized carbons (Fsp3) is 0.571. The number of benzene rings is 1. The number of aliphatic hydroxyl groups excluding tert-OH is 1. The molecule has 0 aliphatic carbocycles. The standard InChI is InChI=1S/C14H22ClNO3.ClH/c1-3-18-13-8-11(10-16-6-5-7-17)12(15)9-14(13)19-4-2;/h8-9,16-17H,3-7,10H2,1-2H3;1H. The van der Waals surface area contributed by atoms with Crippen LogP contribution in [0.5, 0.6) is 11.5 Å². The van der Waals surface area contributed by atoms with Crippen LogP contribution in [-0.4, -0.2) is 31.5 Å². The topological polar surface area (TPSA) is 50.7 Å². The number of hydrogen-bond donors (Lipinski definition) is 2. The van der Waals surface area contributed by atoms with E-state index in [0.717, 1.165) is 18.5 Å². The zero-order valence-corrected chi connectivity index (χ0v) is 13.5. The maximum absolute atomic E-state index is 8.72. The lowest BCUT2D eigenvalue weighted by Gasteiger charge is -2.14. The minimum atomic E-state index is 0. The summed E-state index contributed by atoms with van der Waals surface area (Å²) < 4.78 is 11.1. The van der Waals surface area contributed by atoms with Gasteiger partial charge in [0.15, 0.2) is 11.5 Å². The number of halogens is 2. The first kappa shape index (κ1) is 19.3. The van der Waals surface area contributed by atoms with Crippen molar-refractivity contribution in [1.29, 1.82) is 0 Å². The largest absolute Gasteiger partial charge is 0.490 e. The lowest BCUT2D eigenvalue weighted by molar-refractivity contribution is 0.285. The molecule has 4 nitrogen and oxygen atoms in total. The Bertz CT molecular complexity index is 389. The minimum Gasteiger partial charge on any atom is -0.490 e. The van der Waals surface area contributed by atoms with Gasteiger partial charge < -0.3 is 19.9 Å². The van der Waals surface area contributed by atoms with Gasteiger partial charge in [0.05, 0.1) is 13.2 Å². The van der Waals surface area contributed by atoms with E-state index >= 15 is 0 Å². The fourth-order valence-electron chi connectivity index (χ4n) is 1.68. The van der Waals surface area contributed by atoms with Crippen molar-refractivity contribution in [3.63, 3.8) is 0 Å². The third-order valence-electron chi connectivity index (χ3n) is 2.54. The van der Waals surface area contributed by atoms with Gasteiger partial charge in [-0.1, -0.05) is 11.6 Å². The van der Waals surface area contributed by atoms with Crippen molar-refractivity contribution < 1.29 is 14.6 Å². The molecule has 0 unspecified atom stereocenters. The maximum atomic E-state index is 8.72. The molecule has 0 atom stereocenters. The molecule has 0 saturated carbocycles. The highest BCUT2D eigenvalue weighted by Crippen LogP contribution is 2.33. The molecule has 0 spiro atoms. The summed E-state index contributed by atoms with van der Waals surface area (Å²) in [4.78, 5) is 0.